The summed E-state index contributed by atoms with van der Waals surface area (Å²) in [5.74, 6) is -0.842. The lowest BCUT2D eigenvalue weighted by Crippen LogP contribution is -2.37. The number of rotatable bonds is 63. The lowest BCUT2D eigenvalue weighted by atomic mass is 10.0. The standard InChI is InChI=1S/C76H130NO8P/c1-6-8-10-12-14-16-18-20-22-24-26-28-30-32-33-34-35-36-37-38-39-40-41-42-43-45-47-49-51-53-55-57-59-61-63-65-67-69-76(79)85-74(73-84-86(80,81)83-71-70-77(3,4)5)72-82-75(78)68-66-64-62-60-58-56-54-52-50-48-46-44-31-29-27-25-23-21-19-17-15-13-11-9-7-2/h8,10,14,16,19-22,25-28,32-33,35-36,38-39,41-42,45,47,74H,6-7,9,11-13,15,17-18,23-24,29-31,34,37,40,43-44,46,48-73H2,1-5H3/b10-8-,16-14-,21-19-,22-20-,27-25-,28-26-,33-32-,36-35-,39-38-,42-41-,47-45-. The van der Waals surface area contributed by atoms with Gasteiger partial charge >= 0.3 is 11.9 Å². The number of phosphoric ester groups is 1. The number of esters is 2. The molecule has 86 heavy (non-hydrogen) atoms. The summed E-state index contributed by atoms with van der Waals surface area (Å²) in [6, 6.07) is 0. The zero-order valence-corrected chi connectivity index (χ0v) is 56.9. The van der Waals surface area contributed by atoms with Gasteiger partial charge in [0.1, 0.15) is 19.8 Å². The number of carbonyl (C=O) groups is 2. The Labute approximate surface area is 530 Å². The molecular formula is C76H130NO8P. The smallest absolute Gasteiger partial charge is 0.306 e. The number of carbonyl (C=O) groups excluding carboxylic acids is 2. The largest absolute Gasteiger partial charge is 0.756 e. The van der Waals surface area contributed by atoms with Crippen LogP contribution >= 0.6 is 7.82 Å². The summed E-state index contributed by atoms with van der Waals surface area (Å²) in [7, 11) is 1.15. The van der Waals surface area contributed by atoms with Gasteiger partial charge in [0.15, 0.2) is 6.10 Å². The molecule has 0 saturated carbocycles. The summed E-state index contributed by atoms with van der Waals surface area (Å²) in [6.45, 7) is 4.12. The molecule has 0 aromatic rings. The summed E-state index contributed by atoms with van der Waals surface area (Å²) in [5.41, 5.74) is 0. The van der Waals surface area contributed by atoms with Gasteiger partial charge in [-0.3, -0.25) is 14.2 Å². The molecule has 0 bridgehead atoms. The van der Waals surface area contributed by atoms with Crippen molar-refractivity contribution >= 4 is 19.8 Å². The lowest BCUT2D eigenvalue weighted by molar-refractivity contribution is -0.870. The van der Waals surface area contributed by atoms with Crippen LogP contribution in [0.25, 0.3) is 0 Å². The average molecular weight is 1220 g/mol. The Hall–Kier alpha value is -3.85. The van der Waals surface area contributed by atoms with E-state index in [-0.39, 0.29) is 32.0 Å². The maximum absolute atomic E-state index is 12.9. The molecule has 0 N–H and O–H groups in total. The summed E-state index contributed by atoms with van der Waals surface area (Å²) in [6.07, 6.45) is 95.2. The van der Waals surface area contributed by atoms with Crippen molar-refractivity contribution in [3.8, 4) is 0 Å². The van der Waals surface area contributed by atoms with Crippen LogP contribution in [0, 0.1) is 0 Å². The van der Waals surface area contributed by atoms with Crippen LogP contribution in [0.1, 0.15) is 284 Å². The van der Waals surface area contributed by atoms with Gasteiger partial charge in [-0.25, -0.2) is 0 Å². The van der Waals surface area contributed by atoms with Gasteiger partial charge < -0.3 is 27.9 Å². The van der Waals surface area contributed by atoms with Crippen molar-refractivity contribution in [3.63, 3.8) is 0 Å². The van der Waals surface area contributed by atoms with Crippen LogP contribution in [0.4, 0.5) is 0 Å². The number of quaternary nitrogens is 1. The Morgan fingerprint density at radius 3 is 0.988 bits per heavy atom. The van der Waals surface area contributed by atoms with Gasteiger partial charge in [-0.2, -0.15) is 0 Å². The predicted molar refractivity (Wildman–Crippen MR) is 369 cm³/mol. The first-order chi connectivity index (χ1) is 42.0. The van der Waals surface area contributed by atoms with Crippen molar-refractivity contribution in [1.29, 1.82) is 0 Å². The normalized spacial score (nSPS) is 14.0. The molecule has 2 atom stereocenters. The number of phosphoric acid groups is 1. The lowest BCUT2D eigenvalue weighted by Gasteiger charge is -2.28. The first-order valence-electron chi connectivity index (χ1n) is 34.9. The minimum atomic E-state index is -4.65. The second-order valence-corrected chi connectivity index (χ2v) is 25.6. The van der Waals surface area contributed by atoms with E-state index in [0.717, 1.165) is 109 Å². The van der Waals surface area contributed by atoms with E-state index >= 15 is 0 Å². The molecule has 0 radical (unpaired) electrons. The fourth-order valence-electron chi connectivity index (χ4n) is 9.33. The number of ether oxygens (including phenoxy) is 2. The van der Waals surface area contributed by atoms with Crippen LogP contribution in [-0.4, -0.2) is 70.0 Å². The van der Waals surface area contributed by atoms with Gasteiger partial charge in [-0.1, -0.05) is 289 Å². The van der Waals surface area contributed by atoms with E-state index in [1.54, 1.807) is 0 Å². The Balaban J connectivity index is 4.11. The van der Waals surface area contributed by atoms with Crippen molar-refractivity contribution in [2.75, 3.05) is 47.5 Å². The zero-order valence-electron chi connectivity index (χ0n) is 56.0. The number of unbranched alkanes of at least 4 members (excludes halogenated alkanes) is 27. The molecule has 0 rings (SSSR count). The fourth-order valence-corrected chi connectivity index (χ4v) is 10.1. The van der Waals surface area contributed by atoms with E-state index in [9.17, 15) is 19.0 Å². The molecule has 0 spiro atoms. The molecule has 492 valence electrons. The monoisotopic (exact) mass is 1220 g/mol. The predicted octanol–water partition coefficient (Wildman–Crippen LogP) is 22.2. The van der Waals surface area contributed by atoms with Crippen molar-refractivity contribution in [2.45, 2.75) is 290 Å². The summed E-state index contributed by atoms with van der Waals surface area (Å²) < 4.78 is 34.3. The first kappa shape index (κ1) is 82.1. The highest BCUT2D eigenvalue weighted by molar-refractivity contribution is 7.45. The molecule has 10 heteroatoms. The molecule has 0 aliphatic rings. The molecule has 9 nitrogen and oxygen atoms in total. The number of likely N-dealkylation sites (N-methyl/N-ethyl adjacent to an activating group) is 1. The van der Waals surface area contributed by atoms with Crippen LogP contribution in [0.3, 0.4) is 0 Å². The highest BCUT2D eigenvalue weighted by atomic mass is 31.2. The van der Waals surface area contributed by atoms with Gasteiger partial charge in [0.25, 0.3) is 7.82 Å². The minimum Gasteiger partial charge on any atom is -0.756 e. The number of allylic oxidation sites excluding steroid dienone is 22. The van der Waals surface area contributed by atoms with E-state index in [2.05, 4.69) is 148 Å². The second kappa shape index (κ2) is 65.6. The minimum absolute atomic E-state index is 0.0377. The molecule has 0 aromatic heterocycles. The Morgan fingerprint density at radius 2 is 0.663 bits per heavy atom. The topological polar surface area (TPSA) is 111 Å². The third-order valence-corrected chi connectivity index (χ3v) is 15.6. The SMILES string of the molecule is CC/C=C\C/C=C\C/C=C\C/C=C\C/C=C\C/C=C\C/C=C\C/C=C\C/C=C\CCCCCCCCCCCC(=O)OC(COC(=O)CCCCCCCCCCCCCCC/C=C\C/C=C\CCCCCCC)COP(=O)([O-])OCC[N+](C)(C)C. The van der Waals surface area contributed by atoms with Gasteiger partial charge in [0.05, 0.1) is 27.7 Å². The van der Waals surface area contributed by atoms with Crippen LogP contribution in [0.15, 0.2) is 134 Å². The van der Waals surface area contributed by atoms with E-state index in [0.29, 0.717) is 17.4 Å². The van der Waals surface area contributed by atoms with Crippen molar-refractivity contribution in [2.24, 2.45) is 0 Å². The Morgan fingerprint density at radius 1 is 0.372 bits per heavy atom. The third kappa shape index (κ3) is 69.3. The Bertz CT molecular complexity index is 1910. The molecule has 0 aliphatic carbocycles. The first-order valence-corrected chi connectivity index (χ1v) is 36.4. The number of hydrogen-bond acceptors (Lipinski definition) is 8. The zero-order chi connectivity index (χ0) is 62.6. The highest BCUT2D eigenvalue weighted by Gasteiger charge is 2.22. The number of nitrogens with zero attached hydrogens (tertiary/aromatic N) is 1. The van der Waals surface area contributed by atoms with Gasteiger partial charge in [0.2, 0.25) is 0 Å². The molecule has 0 amide bonds. The highest BCUT2D eigenvalue weighted by Crippen LogP contribution is 2.38. The van der Waals surface area contributed by atoms with E-state index in [1.165, 1.54) is 141 Å². The molecule has 0 aliphatic heterocycles. The van der Waals surface area contributed by atoms with Crippen LogP contribution in [0.2, 0.25) is 0 Å². The van der Waals surface area contributed by atoms with E-state index < -0.39 is 26.5 Å². The van der Waals surface area contributed by atoms with Gasteiger partial charge in [0, 0.05) is 12.8 Å². The summed E-state index contributed by atoms with van der Waals surface area (Å²) in [4.78, 5) is 38.1. The van der Waals surface area contributed by atoms with E-state index in [4.69, 9.17) is 18.5 Å². The average Bonchev–Trinajstić information content (AvgIpc) is 3.67. The molecular weight excluding hydrogens is 1090 g/mol. The molecule has 0 fully saturated rings. The molecule has 0 aromatic carbocycles. The maximum Gasteiger partial charge on any atom is 0.306 e. The molecule has 0 heterocycles. The van der Waals surface area contributed by atoms with Gasteiger partial charge in [-0.15, -0.1) is 0 Å². The number of hydrogen-bond donors (Lipinski definition) is 0. The molecule has 0 saturated heterocycles. The third-order valence-electron chi connectivity index (χ3n) is 14.7. The summed E-state index contributed by atoms with van der Waals surface area (Å²) in [5, 5.41) is 0. The fraction of sp³-hybridized carbons (Fsp3) is 0.684. The Kier molecular flexibility index (Phi) is 62.7. The van der Waals surface area contributed by atoms with Crippen molar-refractivity contribution in [1.82, 2.24) is 0 Å². The van der Waals surface area contributed by atoms with Crippen molar-refractivity contribution < 1.29 is 42.1 Å². The van der Waals surface area contributed by atoms with Crippen LogP contribution < -0.4 is 4.89 Å². The van der Waals surface area contributed by atoms with Gasteiger partial charge in [-0.05, 0) is 116 Å². The quantitative estimate of drug-likeness (QED) is 0.0195. The van der Waals surface area contributed by atoms with Crippen LogP contribution in [0.5, 0.6) is 0 Å². The van der Waals surface area contributed by atoms with E-state index in [1.807, 2.05) is 21.1 Å². The van der Waals surface area contributed by atoms with Crippen LogP contribution in [-0.2, 0) is 32.7 Å². The summed E-state index contributed by atoms with van der Waals surface area (Å²) >= 11 is 0. The van der Waals surface area contributed by atoms with Crippen molar-refractivity contribution in [3.05, 3.63) is 134 Å². The molecule has 2 unspecified atom stereocenters. The maximum atomic E-state index is 12.9. The second-order valence-electron chi connectivity index (χ2n) is 24.2.